The van der Waals surface area contributed by atoms with E-state index in [1.165, 1.54) is 6.20 Å². The first kappa shape index (κ1) is 10.3. The molecule has 2 aromatic heterocycles. The van der Waals surface area contributed by atoms with Crippen LogP contribution in [0.4, 0.5) is 0 Å². The van der Waals surface area contributed by atoms with Gasteiger partial charge in [-0.1, -0.05) is 11.6 Å². The van der Waals surface area contributed by atoms with Crippen LogP contribution in [0.15, 0.2) is 35.2 Å². The van der Waals surface area contributed by atoms with Crippen LogP contribution in [0.5, 0.6) is 0 Å². The lowest BCUT2D eigenvalue weighted by Gasteiger charge is -1.98. The molecule has 0 aromatic carbocycles. The third kappa shape index (κ3) is 2.64. The number of rotatable bonds is 3. The van der Waals surface area contributed by atoms with Crippen molar-refractivity contribution < 1.29 is 4.79 Å². The molecule has 0 atom stereocenters. The summed E-state index contributed by atoms with van der Waals surface area (Å²) in [7, 11) is 0. The zero-order chi connectivity index (χ0) is 10.7. The molecule has 0 aliphatic heterocycles. The number of halogens is 1. The van der Waals surface area contributed by atoms with Crippen molar-refractivity contribution in [1.82, 2.24) is 4.98 Å². The zero-order valence-electron chi connectivity index (χ0n) is 7.81. The first-order chi connectivity index (χ1) is 7.25. The summed E-state index contributed by atoms with van der Waals surface area (Å²) in [6, 6.07) is 5.27. The molecule has 0 saturated carbocycles. The van der Waals surface area contributed by atoms with Gasteiger partial charge in [-0.3, -0.25) is 9.78 Å². The smallest absolute Gasteiger partial charge is 0.185 e. The molecule has 0 amide bonds. The average molecular weight is 238 g/mol. The highest BCUT2D eigenvalue weighted by Gasteiger charge is 2.08. The van der Waals surface area contributed by atoms with E-state index in [1.807, 2.05) is 16.8 Å². The maximum absolute atomic E-state index is 11.7. The molecule has 76 valence electrons. The second kappa shape index (κ2) is 4.55. The number of aromatic nitrogens is 1. The van der Waals surface area contributed by atoms with Crippen molar-refractivity contribution in [2.75, 3.05) is 0 Å². The monoisotopic (exact) mass is 237 g/mol. The molecule has 0 bridgehead atoms. The fourth-order valence-corrected chi connectivity index (χ4v) is 1.99. The summed E-state index contributed by atoms with van der Waals surface area (Å²) >= 11 is 7.27. The van der Waals surface area contributed by atoms with Gasteiger partial charge in [-0.15, -0.1) is 0 Å². The number of carbonyl (C=O) groups excluding carboxylic acids is 1. The molecule has 2 nitrogen and oxygen atoms in total. The number of nitrogens with zero attached hydrogens (tertiary/aromatic N) is 1. The highest BCUT2D eigenvalue weighted by molar-refractivity contribution is 7.08. The Morgan fingerprint density at radius 1 is 1.40 bits per heavy atom. The number of hydrogen-bond acceptors (Lipinski definition) is 3. The average Bonchev–Trinajstić information content (AvgIpc) is 2.71. The summed E-state index contributed by atoms with van der Waals surface area (Å²) in [4.78, 5) is 15.7. The third-order valence-corrected chi connectivity index (χ3v) is 2.91. The quantitative estimate of drug-likeness (QED) is 0.768. The van der Waals surface area contributed by atoms with Crippen molar-refractivity contribution in [2.45, 2.75) is 6.42 Å². The molecule has 0 spiro atoms. The van der Waals surface area contributed by atoms with Gasteiger partial charge in [0, 0.05) is 12.6 Å². The van der Waals surface area contributed by atoms with Crippen molar-refractivity contribution in [1.29, 1.82) is 0 Å². The van der Waals surface area contributed by atoms with Crippen molar-refractivity contribution in [3.05, 3.63) is 51.4 Å². The summed E-state index contributed by atoms with van der Waals surface area (Å²) in [5.41, 5.74) is 1.49. The number of ketones is 1. The summed E-state index contributed by atoms with van der Waals surface area (Å²) < 4.78 is 0. The van der Waals surface area contributed by atoms with Crippen LogP contribution in [-0.4, -0.2) is 10.8 Å². The normalized spacial score (nSPS) is 10.2. The van der Waals surface area contributed by atoms with Crippen LogP contribution >= 0.6 is 22.9 Å². The Morgan fingerprint density at radius 2 is 2.27 bits per heavy atom. The second-order valence-corrected chi connectivity index (χ2v) is 4.31. The van der Waals surface area contributed by atoms with E-state index >= 15 is 0 Å². The van der Waals surface area contributed by atoms with Gasteiger partial charge in [0.05, 0.1) is 5.02 Å². The Labute approximate surface area is 96.5 Å². The highest BCUT2D eigenvalue weighted by atomic mass is 35.5. The molecule has 2 heterocycles. The minimum Gasteiger partial charge on any atom is -0.292 e. The summed E-state index contributed by atoms with van der Waals surface area (Å²) in [6.45, 7) is 0. The summed E-state index contributed by atoms with van der Waals surface area (Å²) in [5.74, 6) is 0.0186. The maximum atomic E-state index is 11.7. The van der Waals surface area contributed by atoms with Crippen LogP contribution in [0.3, 0.4) is 0 Å². The Balaban J connectivity index is 2.11. The lowest BCUT2D eigenvalue weighted by Crippen LogP contribution is -2.04. The third-order valence-electron chi connectivity index (χ3n) is 1.96. The highest BCUT2D eigenvalue weighted by Crippen LogP contribution is 2.11. The van der Waals surface area contributed by atoms with Crippen molar-refractivity contribution in [3.8, 4) is 0 Å². The predicted molar refractivity (Wildman–Crippen MR) is 61.6 cm³/mol. The van der Waals surface area contributed by atoms with E-state index in [2.05, 4.69) is 4.98 Å². The molecule has 0 unspecified atom stereocenters. The predicted octanol–water partition coefficient (Wildman–Crippen LogP) is 3.22. The largest absolute Gasteiger partial charge is 0.292 e. The van der Waals surface area contributed by atoms with E-state index in [0.29, 0.717) is 17.1 Å². The SMILES string of the molecule is O=C(Cc1ccsc1)c1ccc(Cl)cn1. The van der Waals surface area contributed by atoms with Gasteiger partial charge >= 0.3 is 0 Å². The van der Waals surface area contributed by atoms with E-state index < -0.39 is 0 Å². The fourth-order valence-electron chi connectivity index (χ4n) is 1.21. The van der Waals surface area contributed by atoms with Crippen LogP contribution in [-0.2, 0) is 6.42 Å². The van der Waals surface area contributed by atoms with Crippen LogP contribution < -0.4 is 0 Å². The molecule has 4 heteroatoms. The van der Waals surface area contributed by atoms with Gasteiger partial charge in [-0.05, 0) is 34.5 Å². The van der Waals surface area contributed by atoms with Gasteiger partial charge < -0.3 is 0 Å². The van der Waals surface area contributed by atoms with E-state index in [4.69, 9.17) is 11.6 Å². The molecular formula is C11H8ClNOS. The van der Waals surface area contributed by atoms with Gasteiger partial charge in [0.2, 0.25) is 0 Å². The van der Waals surface area contributed by atoms with Crippen molar-refractivity contribution in [2.24, 2.45) is 0 Å². The summed E-state index contributed by atoms with van der Waals surface area (Å²) in [5, 5.41) is 4.47. The fraction of sp³-hybridized carbons (Fsp3) is 0.0909. The molecule has 0 N–H and O–H groups in total. The number of hydrogen-bond donors (Lipinski definition) is 0. The first-order valence-electron chi connectivity index (χ1n) is 4.41. The van der Waals surface area contributed by atoms with Crippen molar-refractivity contribution in [3.63, 3.8) is 0 Å². The number of Topliss-reactive ketones (excluding diaryl/α,β-unsaturated/α-hetero) is 1. The van der Waals surface area contributed by atoms with Gasteiger partial charge in [-0.2, -0.15) is 11.3 Å². The number of thiophene rings is 1. The number of carbonyl (C=O) groups is 1. The van der Waals surface area contributed by atoms with Gasteiger partial charge in [0.15, 0.2) is 5.78 Å². The first-order valence-corrected chi connectivity index (χ1v) is 5.73. The molecule has 0 radical (unpaired) electrons. The minimum atomic E-state index is 0.0186. The van der Waals surface area contributed by atoms with Crippen molar-refractivity contribution >= 4 is 28.7 Å². The molecule has 0 fully saturated rings. The number of pyridine rings is 1. The van der Waals surface area contributed by atoms with Gasteiger partial charge in [0.25, 0.3) is 0 Å². The molecule has 2 rings (SSSR count). The Hall–Kier alpha value is -1.19. The Bertz CT molecular complexity index is 450. The van der Waals surface area contributed by atoms with E-state index in [1.54, 1.807) is 23.5 Å². The lowest BCUT2D eigenvalue weighted by molar-refractivity contribution is 0.0988. The minimum absolute atomic E-state index is 0.0186. The van der Waals surface area contributed by atoms with E-state index in [-0.39, 0.29) is 5.78 Å². The molecule has 0 saturated heterocycles. The van der Waals surface area contributed by atoms with E-state index in [0.717, 1.165) is 5.56 Å². The van der Waals surface area contributed by atoms with Gasteiger partial charge in [0.1, 0.15) is 5.69 Å². The van der Waals surface area contributed by atoms with Crippen LogP contribution in [0.1, 0.15) is 16.1 Å². The lowest BCUT2D eigenvalue weighted by atomic mass is 10.1. The van der Waals surface area contributed by atoms with Crippen LogP contribution in [0, 0.1) is 0 Å². The zero-order valence-corrected chi connectivity index (χ0v) is 9.39. The molecule has 0 aliphatic carbocycles. The molecule has 15 heavy (non-hydrogen) atoms. The van der Waals surface area contributed by atoms with Crippen LogP contribution in [0.25, 0.3) is 0 Å². The molecule has 2 aromatic rings. The Morgan fingerprint density at radius 3 is 2.87 bits per heavy atom. The Kier molecular flexibility index (Phi) is 3.14. The standard InChI is InChI=1S/C11H8ClNOS/c12-9-1-2-10(13-6-9)11(14)5-8-3-4-15-7-8/h1-4,6-7H,5H2. The summed E-state index contributed by atoms with van der Waals surface area (Å²) in [6.07, 6.45) is 1.89. The maximum Gasteiger partial charge on any atom is 0.185 e. The van der Waals surface area contributed by atoms with Crippen LogP contribution in [0.2, 0.25) is 5.02 Å². The molecule has 0 aliphatic rings. The topological polar surface area (TPSA) is 30.0 Å². The van der Waals surface area contributed by atoms with E-state index in [9.17, 15) is 4.79 Å². The second-order valence-electron chi connectivity index (χ2n) is 3.09. The van der Waals surface area contributed by atoms with Gasteiger partial charge in [-0.25, -0.2) is 0 Å². The molecular weight excluding hydrogens is 230 g/mol.